The molecule has 3 rings (SSSR count). The van der Waals surface area contributed by atoms with Crippen molar-refractivity contribution < 1.29 is 9.59 Å². The summed E-state index contributed by atoms with van der Waals surface area (Å²) in [6, 6.07) is 15.6. The van der Waals surface area contributed by atoms with Crippen LogP contribution in [0.5, 0.6) is 0 Å². The van der Waals surface area contributed by atoms with Gasteiger partial charge in [-0.3, -0.25) is 19.4 Å². The molecule has 0 spiro atoms. The fourth-order valence-corrected chi connectivity index (χ4v) is 3.70. The minimum Gasteiger partial charge on any atom is -0.358 e. The summed E-state index contributed by atoms with van der Waals surface area (Å²) in [7, 11) is 1.65. The first-order chi connectivity index (χ1) is 14.0. The molecule has 0 saturated carbocycles. The summed E-state index contributed by atoms with van der Waals surface area (Å²) in [4.78, 5) is 29.3. The van der Waals surface area contributed by atoms with Gasteiger partial charge in [-0.2, -0.15) is 0 Å². The molecule has 0 unspecified atom stereocenters. The zero-order valence-corrected chi connectivity index (χ0v) is 17.4. The van der Waals surface area contributed by atoms with Crippen LogP contribution in [0.15, 0.2) is 48.5 Å². The van der Waals surface area contributed by atoms with Gasteiger partial charge in [0.1, 0.15) is 6.04 Å². The molecule has 1 heterocycles. The van der Waals surface area contributed by atoms with Gasteiger partial charge in [0.05, 0.1) is 6.54 Å². The first-order valence-corrected chi connectivity index (χ1v) is 10.1. The van der Waals surface area contributed by atoms with Crippen LogP contribution in [-0.2, 0) is 9.59 Å². The molecule has 0 radical (unpaired) electrons. The lowest BCUT2D eigenvalue weighted by Gasteiger charge is -2.38. The highest BCUT2D eigenvalue weighted by atomic mass is 16.2. The van der Waals surface area contributed by atoms with Gasteiger partial charge in [0.15, 0.2) is 0 Å². The number of piperazine rings is 1. The van der Waals surface area contributed by atoms with Crippen molar-refractivity contribution in [3.63, 3.8) is 0 Å². The van der Waals surface area contributed by atoms with E-state index in [2.05, 4.69) is 20.4 Å². The highest BCUT2D eigenvalue weighted by Gasteiger charge is 2.31. The molecule has 1 aliphatic heterocycles. The van der Waals surface area contributed by atoms with E-state index in [0.29, 0.717) is 6.54 Å². The summed E-state index contributed by atoms with van der Waals surface area (Å²) in [6.07, 6.45) is 0. The van der Waals surface area contributed by atoms with Crippen molar-refractivity contribution in [2.75, 3.05) is 45.1 Å². The maximum atomic E-state index is 13.4. The molecule has 1 aliphatic rings. The molecule has 29 heavy (non-hydrogen) atoms. The minimum atomic E-state index is -0.363. The van der Waals surface area contributed by atoms with Crippen molar-refractivity contribution in [3.8, 4) is 0 Å². The van der Waals surface area contributed by atoms with E-state index in [1.54, 1.807) is 7.05 Å². The van der Waals surface area contributed by atoms with Crippen LogP contribution in [0.3, 0.4) is 0 Å². The number of rotatable bonds is 6. The molecule has 2 aromatic rings. The van der Waals surface area contributed by atoms with Crippen LogP contribution >= 0.6 is 0 Å². The largest absolute Gasteiger partial charge is 0.358 e. The van der Waals surface area contributed by atoms with Crippen LogP contribution in [0.1, 0.15) is 22.7 Å². The summed E-state index contributed by atoms with van der Waals surface area (Å²) < 4.78 is 0. The van der Waals surface area contributed by atoms with E-state index in [1.807, 2.05) is 62.4 Å². The predicted molar refractivity (Wildman–Crippen MR) is 116 cm³/mol. The predicted octanol–water partition coefficient (Wildman–Crippen LogP) is 2.35. The number of benzene rings is 2. The molecule has 1 saturated heterocycles. The molecule has 2 amide bonds. The van der Waals surface area contributed by atoms with Crippen LogP contribution in [0, 0.1) is 13.8 Å². The normalized spacial score (nSPS) is 16.2. The smallest absolute Gasteiger partial charge is 0.246 e. The zero-order valence-electron chi connectivity index (χ0n) is 17.4. The van der Waals surface area contributed by atoms with Gasteiger partial charge in [0, 0.05) is 38.9 Å². The SMILES string of the molecule is CNC(=O)CN1CCN([C@H](C(=O)Nc2cc(C)ccc2C)c2ccccc2)CC1. The number of carbonyl (C=O) groups is 2. The van der Waals surface area contributed by atoms with Gasteiger partial charge in [-0.1, -0.05) is 42.5 Å². The summed E-state index contributed by atoms with van der Waals surface area (Å²) in [5.41, 5.74) is 4.00. The van der Waals surface area contributed by atoms with Gasteiger partial charge < -0.3 is 10.6 Å². The molecule has 6 nitrogen and oxygen atoms in total. The Labute approximate surface area is 172 Å². The molecule has 6 heteroatoms. The van der Waals surface area contributed by atoms with E-state index in [4.69, 9.17) is 0 Å². The fraction of sp³-hybridized carbons (Fsp3) is 0.391. The van der Waals surface area contributed by atoms with Crippen molar-refractivity contribution in [1.29, 1.82) is 0 Å². The van der Waals surface area contributed by atoms with Gasteiger partial charge in [0.2, 0.25) is 11.8 Å². The lowest BCUT2D eigenvalue weighted by Crippen LogP contribution is -2.51. The van der Waals surface area contributed by atoms with Crippen molar-refractivity contribution in [2.45, 2.75) is 19.9 Å². The second-order valence-electron chi connectivity index (χ2n) is 7.61. The van der Waals surface area contributed by atoms with Crippen LogP contribution in [0.25, 0.3) is 0 Å². The van der Waals surface area contributed by atoms with Crippen molar-refractivity contribution in [3.05, 3.63) is 65.2 Å². The number of nitrogens with one attached hydrogen (secondary N) is 2. The van der Waals surface area contributed by atoms with E-state index >= 15 is 0 Å². The van der Waals surface area contributed by atoms with E-state index in [-0.39, 0.29) is 17.9 Å². The number of likely N-dealkylation sites (N-methyl/N-ethyl adjacent to an activating group) is 1. The molecular formula is C23H30N4O2. The Morgan fingerprint density at radius 1 is 1.00 bits per heavy atom. The molecule has 154 valence electrons. The highest BCUT2D eigenvalue weighted by Crippen LogP contribution is 2.25. The van der Waals surface area contributed by atoms with Gasteiger partial charge in [-0.25, -0.2) is 0 Å². The van der Waals surface area contributed by atoms with Gasteiger partial charge in [0.25, 0.3) is 0 Å². The Hall–Kier alpha value is -2.70. The molecule has 2 aromatic carbocycles. The van der Waals surface area contributed by atoms with E-state index < -0.39 is 0 Å². The maximum Gasteiger partial charge on any atom is 0.246 e. The number of amides is 2. The summed E-state index contributed by atoms with van der Waals surface area (Å²) in [5, 5.41) is 5.81. The number of hydrogen-bond acceptors (Lipinski definition) is 4. The second-order valence-corrected chi connectivity index (χ2v) is 7.61. The Balaban J connectivity index is 1.76. The number of hydrogen-bond donors (Lipinski definition) is 2. The Kier molecular flexibility index (Phi) is 7.01. The average molecular weight is 395 g/mol. The lowest BCUT2D eigenvalue weighted by atomic mass is 10.0. The van der Waals surface area contributed by atoms with Crippen molar-refractivity contribution in [2.24, 2.45) is 0 Å². The quantitative estimate of drug-likeness (QED) is 0.789. The van der Waals surface area contributed by atoms with Crippen LogP contribution in [-0.4, -0.2) is 61.4 Å². The zero-order chi connectivity index (χ0) is 20.8. The Morgan fingerprint density at radius 3 is 2.34 bits per heavy atom. The van der Waals surface area contributed by atoms with Crippen molar-refractivity contribution in [1.82, 2.24) is 15.1 Å². The second kappa shape index (κ2) is 9.67. The Bertz CT molecular complexity index is 845. The standard InChI is InChI=1S/C23H30N4O2/c1-17-9-10-18(2)20(15-17)25-23(29)22(19-7-5-4-6-8-19)27-13-11-26(12-14-27)16-21(28)24-3/h4-10,15,22H,11-14,16H2,1-3H3,(H,24,28)(H,25,29)/t22-/m0/s1. The molecular weight excluding hydrogens is 364 g/mol. The molecule has 1 fully saturated rings. The highest BCUT2D eigenvalue weighted by molar-refractivity contribution is 5.96. The van der Waals surface area contributed by atoms with Crippen LogP contribution in [0.4, 0.5) is 5.69 Å². The van der Waals surface area contributed by atoms with Crippen LogP contribution in [0.2, 0.25) is 0 Å². The third-order valence-corrected chi connectivity index (χ3v) is 5.43. The molecule has 0 bridgehead atoms. The third kappa shape index (κ3) is 5.43. The third-order valence-electron chi connectivity index (χ3n) is 5.43. The van der Waals surface area contributed by atoms with Gasteiger partial charge in [-0.15, -0.1) is 0 Å². The number of anilines is 1. The minimum absolute atomic E-state index is 0.0192. The van der Waals surface area contributed by atoms with Gasteiger partial charge >= 0.3 is 0 Å². The van der Waals surface area contributed by atoms with Crippen LogP contribution < -0.4 is 10.6 Å². The molecule has 1 atom stereocenters. The average Bonchev–Trinajstić information content (AvgIpc) is 2.73. The molecule has 2 N–H and O–H groups in total. The monoisotopic (exact) mass is 394 g/mol. The molecule has 0 aromatic heterocycles. The Morgan fingerprint density at radius 2 is 1.69 bits per heavy atom. The molecule has 0 aliphatic carbocycles. The maximum absolute atomic E-state index is 13.4. The van der Waals surface area contributed by atoms with E-state index in [1.165, 1.54) is 0 Å². The number of nitrogens with zero attached hydrogens (tertiary/aromatic N) is 2. The topological polar surface area (TPSA) is 64.7 Å². The first kappa shape index (κ1) is 21.0. The fourth-order valence-electron chi connectivity index (χ4n) is 3.70. The van der Waals surface area contributed by atoms with E-state index in [9.17, 15) is 9.59 Å². The summed E-state index contributed by atoms with van der Waals surface area (Å²) in [6.45, 7) is 7.41. The van der Waals surface area contributed by atoms with E-state index in [0.717, 1.165) is 48.6 Å². The summed E-state index contributed by atoms with van der Waals surface area (Å²) >= 11 is 0. The number of aryl methyl sites for hydroxylation is 2. The van der Waals surface area contributed by atoms with Crippen molar-refractivity contribution >= 4 is 17.5 Å². The van der Waals surface area contributed by atoms with Gasteiger partial charge in [-0.05, 0) is 36.6 Å². The first-order valence-electron chi connectivity index (χ1n) is 10.1. The number of carbonyl (C=O) groups excluding carboxylic acids is 2. The lowest BCUT2D eigenvalue weighted by molar-refractivity contribution is -0.125. The summed E-state index contributed by atoms with van der Waals surface area (Å²) in [5.74, 6) is -0.00428.